The highest BCUT2D eigenvalue weighted by Crippen LogP contribution is 2.33. The molecule has 4 aromatic rings. The molecule has 1 unspecified atom stereocenters. The topological polar surface area (TPSA) is 186 Å². The van der Waals surface area contributed by atoms with Gasteiger partial charge in [-0.15, -0.1) is 0 Å². The number of nitrogens with two attached hydrogens (primary N) is 1. The number of nitrogens with zero attached hydrogens (tertiary/aromatic N) is 1. The number of carboxylic acids is 1. The number of H-pyrrole nitrogens is 1. The third kappa shape index (κ3) is 8.76. The van der Waals surface area contributed by atoms with Gasteiger partial charge >= 0.3 is 12.1 Å². The molecule has 236 valence electrons. The monoisotopic (exact) mass is 637 g/mol. The first-order chi connectivity index (χ1) is 20.6. The minimum atomic E-state index is -5.08. The third-order valence-corrected chi connectivity index (χ3v) is 7.02. The van der Waals surface area contributed by atoms with Crippen molar-refractivity contribution in [2.45, 2.75) is 44.0 Å². The molecular weight excluding hydrogens is 607 g/mol. The fourth-order valence-corrected chi connectivity index (χ4v) is 4.79. The summed E-state index contributed by atoms with van der Waals surface area (Å²) in [7, 11) is -4.11. The maximum atomic E-state index is 13.5. The van der Waals surface area contributed by atoms with Gasteiger partial charge in [0, 0.05) is 11.1 Å². The number of fused-ring (bicyclic) bond motifs is 1. The molecule has 1 atom stereocenters. The normalized spacial score (nSPS) is 12.2. The van der Waals surface area contributed by atoms with Gasteiger partial charge in [-0.25, -0.2) is 17.9 Å². The Kier molecular flexibility index (Phi) is 10.7. The number of ether oxygens (including phenoxy) is 2. The van der Waals surface area contributed by atoms with Crippen molar-refractivity contribution < 1.29 is 45.8 Å². The molecule has 16 heteroatoms. The Labute approximate surface area is 250 Å². The van der Waals surface area contributed by atoms with Gasteiger partial charge in [0.25, 0.3) is 15.9 Å². The van der Waals surface area contributed by atoms with E-state index in [9.17, 15) is 26.4 Å². The van der Waals surface area contributed by atoms with Crippen LogP contribution in [0.15, 0.2) is 71.6 Å². The molecule has 1 amide bonds. The number of amides is 1. The SMILES string of the molecule is CCOc1cc(C(Nc2ccc3c(N)n[nH]c3c2)C(=O)NS(=O)(=O)c2ccccc2)ccc1OC(C)C.O=C(O)C(F)(F)F. The van der Waals surface area contributed by atoms with Crippen molar-refractivity contribution in [3.8, 4) is 11.5 Å². The fraction of sp³-hybridized carbons (Fsp3) is 0.250. The van der Waals surface area contributed by atoms with Gasteiger partial charge < -0.3 is 25.6 Å². The van der Waals surface area contributed by atoms with E-state index >= 15 is 0 Å². The molecule has 0 fully saturated rings. The van der Waals surface area contributed by atoms with Crippen LogP contribution in [0.4, 0.5) is 24.7 Å². The molecule has 0 saturated carbocycles. The van der Waals surface area contributed by atoms with Crippen molar-refractivity contribution in [2.75, 3.05) is 17.7 Å². The lowest BCUT2D eigenvalue weighted by Crippen LogP contribution is -2.37. The molecule has 1 heterocycles. The summed E-state index contributed by atoms with van der Waals surface area (Å²) in [6.07, 6.45) is -5.17. The van der Waals surface area contributed by atoms with Crippen LogP contribution in [0.5, 0.6) is 11.5 Å². The molecule has 0 saturated heterocycles. The van der Waals surface area contributed by atoms with E-state index in [0.717, 1.165) is 5.39 Å². The zero-order valence-corrected chi connectivity index (χ0v) is 24.5. The maximum absolute atomic E-state index is 13.5. The fourth-order valence-electron chi connectivity index (χ4n) is 3.77. The summed E-state index contributed by atoms with van der Waals surface area (Å²) < 4.78 is 71.4. The number of carbonyl (C=O) groups is 2. The van der Waals surface area contributed by atoms with Gasteiger partial charge in [-0.3, -0.25) is 9.89 Å². The summed E-state index contributed by atoms with van der Waals surface area (Å²) in [4.78, 5) is 22.3. The number of hydrogen-bond acceptors (Lipinski definition) is 9. The predicted octanol–water partition coefficient (Wildman–Crippen LogP) is 4.62. The van der Waals surface area contributed by atoms with Crippen LogP contribution in [0, 0.1) is 0 Å². The second-order valence-electron chi connectivity index (χ2n) is 9.34. The summed E-state index contributed by atoms with van der Waals surface area (Å²) in [6.45, 7) is 6.01. The number of aromatic amines is 1. The molecule has 1 aromatic heterocycles. The number of aromatic nitrogens is 2. The lowest BCUT2D eigenvalue weighted by atomic mass is 10.0. The Bertz CT molecular complexity index is 1710. The minimum Gasteiger partial charge on any atom is -0.490 e. The number of nitrogens with one attached hydrogen (secondary N) is 3. The molecule has 0 spiro atoms. The molecule has 0 aliphatic carbocycles. The summed E-state index contributed by atoms with van der Waals surface area (Å²) >= 11 is 0. The molecule has 6 N–H and O–H groups in total. The number of nitrogen functional groups attached to an aromatic ring is 1. The van der Waals surface area contributed by atoms with Crippen molar-refractivity contribution in [1.82, 2.24) is 14.9 Å². The first-order valence-electron chi connectivity index (χ1n) is 13.0. The van der Waals surface area contributed by atoms with Crippen LogP contribution in [0.3, 0.4) is 0 Å². The van der Waals surface area contributed by atoms with Gasteiger partial charge in [-0.05, 0) is 68.8 Å². The summed E-state index contributed by atoms with van der Waals surface area (Å²) in [5, 5.41) is 17.8. The van der Waals surface area contributed by atoms with E-state index in [4.69, 9.17) is 25.1 Å². The summed E-state index contributed by atoms with van der Waals surface area (Å²) in [5.74, 6) is -2.21. The number of halogens is 3. The van der Waals surface area contributed by atoms with Crippen molar-refractivity contribution in [1.29, 1.82) is 0 Å². The lowest BCUT2D eigenvalue weighted by Gasteiger charge is -2.22. The number of carbonyl (C=O) groups excluding carboxylic acids is 1. The number of benzene rings is 3. The van der Waals surface area contributed by atoms with Crippen LogP contribution < -0.4 is 25.2 Å². The number of rotatable bonds is 10. The van der Waals surface area contributed by atoms with E-state index < -0.39 is 34.1 Å². The number of sulfonamides is 1. The molecule has 0 aliphatic heterocycles. The van der Waals surface area contributed by atoms with Crippen LogP contribution >= 0.6 is 0 Å². The maximum Gasteiger partial charge on any atom is 0.490 e. The number of carboxylic acid groups (broad SMARTS) is 1. The van der Waals surface area contributed by atoms with Crippen LogP contribution in [-0.4, -0.2) is 54.5 Å². The zero-order chi connectivity index (χ0) is 32.7. The minimum absolute atomic E-state index is 0.0212. The van der Waals surface area contributed by atoms with E-state index in [-0.39, 0.29) is 11.0 Å². The average molecular weight is 638 g/mol. The summed E-state index contributed by atoms with van der Waals surface area (Å²) in [6, 6.07) is 16.9. The van der Waals surface area contributed by atoms with Crippen LogP contribution in [0.2, 0.25) is 0 Å². The number of hydrogen-bond donors (Lipinski definition) is 5. The van der Waals surface area contributed by atoms with Gasteiger partial charge in [0.1, 0.15) is 6.04 Å². The third-order valence-electron chi connectivity index (χ3n) is 5.66. The van der Waals surface area contributed by atoms with Crippen molar-refractivity contribution in [3.63, 3.8) is 0 Å². The van der Waals surface area contributed by atoms with Gasteiger partial charge in [0.2, 0.25) is 0 Å². The molecule has 0 bridgehead atoms. The molecular formula is C28H30F3N5O7S. The largest absolute Gasteiger partial charge is 0.490 e. The van der Waals surface area contributed by atoms with Crippen molar-refractivity contribution in [2.24, 2.45) is 0 Å². The molecule has 3 aromatic carbocycles. The number of aliphatic carboxylic acids is 1. The average Bonchev–Trinajstić information content (AvgIpc) is 3.32. The van der Waals surface area contributed by atoms with E-state index in [1.165, 1.54) is 12.1 Å². The van der Waals surface area contributed by atoms with E-state index in [2.05, 4.69) is 20.2 Å². The first kappa shape index (κ1) is 33.5. The lowest BCUT2D eigenvalue weighted by molar-refractivity contribution is -0.192. The Balaban J connectivity index is 0.000000676. The predicted molar refractivity (Wildman–Crippen MR) is 156 cm³/mol. The molecule has 44 heavy (non-hydrogen) atoms. The summed E-state index contributed by atoms with van der Waals surface area (Å²) in [5.41, 5.74) is 7.55. The molecule has 0 aliphatic rings. The van der Waals surface area contributed by atoms with E-state index in [1.54, 1.807) is 54.6 Å². The molecule has 12 nitrogen and oxygen atoms in total. The standard InChI is InChI=1S/C26H29N5O5S.C2HF3O2/c1-4-35-23-14-17(10-13-22(23)36-16(2)3)24(26(32)31-37(33,34)19-8-6-5-7-9-19)28-18-11-12-20-21(15-18)29-30-25(20)27;3-2(4,5)1(6)7/h5-16,24,28H,4H2,1-3H3,(H,31,32)(H3,27,29,30);(H,6,7). The van der Waals surface area contributed by atoms with Gasteiger partial charge in [-0.1, -0.05) is 24.3 Å². The molecule has 0 radical (unpaired) electrons. The Morgan fingerprint density at radius 2 is 1.70 bits per heavy atom. The second kappa shape index (κ2) is 14.0. The quantitative estimate of drug-likeness (QED) is 0.164. The van der Waals surface area contributed by atoms with E-state index in [0.29, 0.717) is 40.7 Å². The number of anilines is 2. The van der Waals surface area contributed by atoms with Crippen molar-refractivity contribution in [3.05, 3.63) is 72.3 Å². The number of alkyl halides is 3. The van der Waals surface area contributed by atoms with Gasteiger partial charge in [-0.2, -0.15) is 18.3 Å². The molecule has 4 rings (SSSR count). The van der Waals surface area contributed by atoms with Gasteiger partial charge in [0.15, 0.2) is 17.3 Å². The zero-order valence-electron chi connectivity index (χ0n) is 23.7. The Morgan fingerprint density at radius 1 is 1.05 bits per heavy atom. The second-order valence-corrected chi connectivity index (χ2v) is 11.0. The van der Waals surface area contributed by atoms with Gasteiger partial charge in [0.05, 0.1) is 23.1 Å². The highest BCUT2D eigenvalue weighted by Gasteiger charge is 2.38. The van der Waals surface area contributed by atoms with E-state index in [1.807, 2.05) is 20.8 Å². The first-order valence-corrected chi connectivity index (χ1v) is 14.5. The smallest absolute Gasteiger partial charge is 0.490 e. The van der Waals surface area contributed by atoms with Crippen LogP contribution in [-0.2, 0) is 19.6 Å². The van der Waals surface area contributed by atoms with Crippen LogP contribution in [0.1, 0.15) is 32.4 Å². The highest BCUT2D eigenvalue weighted by molar-refractivity contribution is 7.90. The Morgan fingerprint density at radius 3 is 2.30 bits per heavy atom. The van der Waals surface area contributed by atoms with Crippen LogP contribution in [0.25, 0.3) is 10.9 Å². The van der Waals surface area contributed by atoms with Crippen molar-refractivity contribution >= 4 is 44.3 Å². The highest BCUT2D eigenvalue weighted by atomic mass is 32.2. The Hall–Kier alpha value is -4.99.